The van der Waals surface area contributed by atoms with E-state index in [1.54, 1.807) is 0 Å². The molecule has 0 radical (unpaired) electrons. The summed E-state index contributed by atoms with van der Waals surface area (Å²) < 4.78 is 0. The Labute approximate surface area is 122 Å². The van der Waals surface area contributed by atoms with Crippen molar-refractivity contribution in [3.63, 3.8) is 0 Å². The minimum Gasteiger partial charge on any atom is -0.372 e. The molecule has 2 bridgehead atoms. The average Bonchev–Trinajstić information content (AvgIpc) is 3.22. The summed E-state index contributed by atoms with van der Waals surface area (Å²) in [5, 5.41) is 3.80. The van der Waals surface area contributed by atoms with Crippen LogP contribution < -0.4 is 10.2 Å². The van der Waals surface area contributed by atoms with E-state index in [0.717, 1.165) is 24.4 Å². The Morgan fingerprint density at radius 1 is 1.00 bits per heavy atom. The van der Waals surface area contributed by atoms with E-state index in [2.05, 4.69) is 34.5 Å². The van der Waals surface area contributed by atoms with E-state index < -0.39 is 0 Å². The topological polar surface area (TPSA) is 15.3 Å². The van der Waals surface area contributed by atoms with Gasteiger partial charge in [0.25, 0.3) is 0 Å². The van der Waals surface area contributed by atoms with Crippen LogP contribution in [0.2, 0.25) is 0 Å². The van der Waals surface area contributed by atoms with Gasteiger partial charge in [0.1, 0.15) is 0 Å². The van der Waals surface area contributed by atoms with Crippen LogP contribution in [0.5, 0.6) is 0 Å². The number of hydrogen-bond acceptors (Lipinski definition) is 2. The molecule has 2 aliphatic carbocycles. The van der Waals surface area contributed by atoms with Gasteiger partial charge in [-0.05, 0) is 61.6 Å². The molecule has 108 valence electrons. The first-order valence-corrected chi connectivity index (χ1v) is 8.46. The maximum absolute atomic E-state index is 3.80. The summed E-state index contributed by atoms with van der Waals surface area (Å²) in [7, 11) is 0. The van der Waals surface area contributed by atoms with Crippen molar-refractivity contribution in [1.82, 2.24) is 5.32 Å². The van der Waals surface area contributed by atoms with E-state index in [1.807, 2.05) is 0 Å². The number of nitrogens with one attached hydrogen (secondary N) is 1. The Bertz CT molecular complexity index is 447. The zero-order valence-corrected chi connectivity index (χ0v) is 12.4. The first kappa shape index (κ1) is 12.7. The van der Waals surface area contributed by atoms with Crippen LogP contribution in [0.4, 0.5) is 5.69 Å². The minimum absolute atomic E-state index is 0.798. The molecule has 3 aliphatic rings. The van der Waals surface area contributed by atoms with E-state index in [0.29, 0.717) is 0 Å². The number of hydrogen-bond donors (Lipinski definition) is 1. The molecule has 1 aromatic rings. The molecular weight excluding hydrogens is 244 g/mol. The minimum atomic E-state index is 0.798. The fraction of sp³-hybridized carbons (Fsp3) is 0.667. The summed E-state index contributed by atoms with van der Waals surface area (Å²) >= 11 is 0. The molecule has 2 nitrogen and oxygen atoms in total. The van der Waals surface area contributed by atoms with Gasteiger partial charge in [0.05, 0.1) is 0 Å². The van der Waals surface area contributed by atoms with Gasteiger partial charge in [-0.25, -0.2) is 0 Å². The predicted octanol–water partition coefficient (Wildman–Crippen LogP) is 3.57. The lowest BCUT2D eigenvalue weighted by Crippen LogP contribution is -2.33. The second-order valence-corrected chi connectivity index (χ2v) is 7.02. The van der Waals surface area contributed by atoms with E-state index in [9.17, 15) is 0 Å². The van der Waals surface area contributed by atoms with Gasteiger partial charge in [-0.2, -0.15) is 0 Å². The number of anilines is 1. The maximum Gasteiger partial charge on any atom is 0.0366 e. The molecular formula is C18H26N2. The number of nitrogens with zero attached hydrogens (tertiary/aromatic N) is 1. The van der Waals surface area contributed by atoms with Crippen LogP contribution >= 0.6 is 0 Å². The molecule has 3 atom stereocenters. The van der Waals surface area contributed by atoms with Crippen LogP contribution in [-0.2, 0) is 6.54 Å². The van der Waals surface area contributed by atoms with Crippen molar-refractivity contribution in [2.75, 3.05) is 18.0 Å². The maximum atomic E-state index is 3.80. The first-order valence-electron chi connectivity index (χ1n) is 8.46. The summed E-state index contributed by atoms with van der Waals surface area (Å²) in [6.07, 6.45) is 8.59. The van der Waals surface area contributed by atoms with E-state index >= 15 is 0 Å². The molecule has 20 heavy (non-hydrogen) atoms. The summed E-state index contributed by atoms with van der Waals surface area (Å²) in [4.78, 5) is 2.51. The molecule has 1 saturated heterocycles. The Morgan fingerprint density at radius 2 is 1.80 bits per heavy atom. The molecule has 3 unspecified atom stereocenters. The fourth-order valence-electron chi connectivity index (χ4n) is 4.54. The van der Waals surface area contributed by atoms with Crippen LogP contribution in [0.3, 0.4) is 0 Å². The van der Waals surface area contributed by atoms with Crippen LogP contribution in [0.1, 0.15) is 44.1 Å². The third-order valence-corrected chi connectivity index (χ3v) is 5.71. The molecule has 2 heteroatoms. The molecule has 1 heterocycles. The first-order chi connectivity index (χ1) is 9.88. The van der Waals surface area contributed by atoms with Crippen molar-refractivity contribution in [1.29, 1.82) is 0 Å². The van der Waals surface area contributed by atoms with Crippen LogP contribution in [0, 0.1) is 11.8 Å². The number of benzene rings is 1. The molecule has 1 aliphatic heterocycles. The van der Waals surface area contributed by atoms with E-state index in [4.69, 9.17) is 0 Å². The molecule has 3 fully saturated rings. The Balaban J connectivity index is 1.32. The summed E-state index contributed by atoms with van der Waals surface area (Å²) in [6.45, 7) is 3.53. The van der Waals surface area contributed by atoms with Gasteiger partial charge in [0, 0.05) is 31.4 Å². The van der Waals surface area contributed by atoms with Crippen LogP contribution in [0.25, 0.3) is 0 Å². The third kappa shape index (κ3) is 2.46. The quantitative estimate of drug-likeness (QED) is 0.900. The van der Waals surface area contributed by atoms with Gasteiger partial charge < -0.3 is 10.2 Å². The van der Waals surface area contributed by atoms with Crippen molar-refractivity contribution >= 4 is 5.69 Å². The molecule has 0 amide bonds. The highest BCUT2D eigenvalue weighted by Crippen LogP contribution is 2.44. The summed E-state index contributed by atoms with van der Waals surface area (Å²) in [5.74, 6) is 2.01. The number of fused-ring (bicyclic) bond motifs is 2. The molecule has 0 spiro atoms. The van der Waals surface area contributed by atoms with Crippen molar-refractivity contribution in [3.05, 3.63) is 29.8 Å². The lowest BCUT2D eigenvalue weighted by molar-refractivity contribution is 0.351. The van der Waals surface area contributed by atoms with Gasteiger partial charge in [-0.1, -0.05) is 18.6 Å². The summed E-state index contributed by atoms with van der Waals surface area (Å²) in [6, 6.07) is 10.0. The van der Waals surface area contributed by atoms with Crippen molar-refractivity contribution in [2.45, 2.75) is 51.1 Å². The zero-order valence-electron chi connectivity index (χ0n) is 12.4. The SMILES string of the molecule is c1cc(N2CCCC2)ccc1CNC1CC2CCC1C2. The van der Waals surface area contributed by atoms with E-state index in [1.165, 1.54) is 62.9 Å². The molecule has 4 rings (SSSR count). The van der Waals surface area contributed by atoms with Crippen molar-refractivity contribution < 1.29 is 0 Å². The Morgan fingerprint density at radius 3 is 2.45 bits per heavy atom. The van der Waals surface area contributed by atoms with Gasteiger partial charge in [0.15, 0.2) is 0 Å². The standard InChI is InChI=1S/C18H26N2/c1-2-10-20(9-1)17-7-4-14(5-8-17)13-19-18-12-15-3-6-16(18)11-15/h4-5,7-8,15-16,18-19H,1-3,6,9-13H2. The normalized spacial score (nSPS) is 32.2. The largest absolute Gasteiger partial charge is 0.372 e. The van der Waals surface area contributed by atoms with Gasteiger partial charge in [0.2, 0.25) is 0 Å². The average molecular weight is 270 g/mol. The second-order valence-electron chi connectivity index (χ2n) is 7.02. The second kappa shape index (κ2) is 5.40. The van der Waals surface area contributed by atoms with Gasteiger partial charge in [-0.15, -0.1) is 0 Å². The Kier molecular flexibility index (Phi) is 3.43. The van der Waals surface area contributed by atoms with E-state index in [-0.39, 0.29) is 0 Å². The van der Waals surface area contributed by atoms with Crippen LogP contribution in [0.15, 0.2) is 24.3 Å². The highest BCUT2D eigenvalue weighted by atomic mass is 15.1. The van der Waals surface area contributed by atoms with Crippen molar-refractivity contribution in [3.8, 4) is 0 Å². The monoisotopic (exact) mass is 270 g/mol. The molecule has 2 saturated carbocycles. The highest BCUT2D eigenvalue weighted by Gasteiger charge is 2.38. The Hall–Kier alpha value is -1.02. The van der Waals surface area contributed by atoms with Gasteiger partial charge >= 0.3 is 0 Å². The van der Waals surface area contributed by atoms with Gasteiger partial charge in [-0.3, -0.25) is 0 Å². The zero-order chi connectivity index (χ0) is 13.4. The number of rotatable bonds is 4. The third-order valence-electron chi connectivity index (χ3n) is 5.71. The predicted molar refractivity (Wildman–Crippen MR) is 84.0 cm³/mol. The van der Waals surface area contributed by atoms with Crippen molar-refractivity contribution in [2.24, 2.45) is 11.8 Å². The lowest BCUT2D eigenvalue weighted by Gasteiger charge is -2.23. The molecule has 1 aromatic carbocycles. The highest BCUT2D eigenvalue weighted by molar-refractivity contribution is 5.48. The lowest BCUT2D eigenvalue weighted by atomic mass is 9.95. The fourth-order valence-corrected chi connectivity index (χ4v) is 4.54. The molecule has 0 aromatic heterocycles. The molecule has 1 N–H and O–H groups in total. The van der Waals surface area contributed by atoms with Crippen LogP contribution in [-0.4, -0.2) is 19.1 Å². The summed E-state index contributed by atoms with van der Waals surface area (Å²) in [5.41, 5.74) is 2.85. The smallest absolute Gasteiger partial charge is 0.0366 e.